The van der Waals surface area contributed by atoms with Crippen molar-refractivity contribution in [1.29, 1.82) is 0 Å². The number of halogens is 1. The van der Waals surface area contributed by atoms with Crippen LogP contribution in [0.5, 0.6) is 0 Å². The van der Waals surface area contributed by atoms with Gasteiger partial charge >= 0.3 is 0 Å². The minimum Gasteiger partial charge on any atom is -0.353 e. The van der Waals surface area contributed by atoms with Gasteiger partial charge in [-0.3, -0.25) is 4.79 Å². The Morgan fingerprint density at radius 1 is 1.39 bits per heavy atom. The lowest BCUT2D eigenvalue weighted by Gasteiger charge is -2.14. The van der Waals surface area contributed by atoms with Crippen molar-refractivity contribution in [3.05, 3.63) is 35.6 Å². The van der Waals surface area contributed by atoms with Gasteiger partial charge in [0.2, 0.25) is 5.91 Å². The third-order valence-electron chi connectivity index (χ3n) is 2.72. The summed E-state index contributed by atoms with van der Waals surface area (Å²) in [6, 6.07) is 6.61. The average molecular weight is 252 g/mol. The van der Waals surface area contributed by atoms with Crippen molar-refractivity contribution in [1.82, 2.24) is 10.6 Å². The Morgan fingerprint density at radius 2 is 2.11 bits per heavy atom. The minimum atomic E-state index is -0.214. The predicted molar refractivity (Wildman–Crippen MR) is 70.9 cm³/mol. The molecule has 1 aromatic carbocycles. The Labute approximate surface area is 108 Å². The van der Waals surface area contributed by atoms with Gasteiger partial charge in [-0.15, -0.1) is 0 Å². The van der Waals surface area contributed by atoms with E-state index in [1.54, 1.807) is 18.2 Å². The first-order valence-corrected chi connectivity index (χ1v) is 6.31. The Bertz CT molecular complexity index is 382. The molecule has 0 fully saturated rings. The van der Waals surface area contributed by atoms with Crippen molar-refractivity contribution < 1.29 is 9.18 Å². The van der Waals surface area contributed by atoms with E-state index in [2.05, 4.69) is 10.6 Å². The molecule has 4 heteroatoms. The lowest BCUT2D eigenvalue weighted by molar-refractivity contribution is -0.121. The van der Waals surface area contributed by atoms with Gasteiger partial charge in [0.25, 0.3) is 0 Å². The number of rotatable bonds is 7. The molecule has 0 bridgehead atoms. The molecule has 0 aliphatic rings. The Morgan fingerprint density at radius 3 is 2.78 bits per heavy atom. The van der Waals surface area contributed by atoms with Gasteiger partial charge < -0.3 is 10.6 Å². The largest absolute Gasteiger partial charge is 0.353 e. The number of hydrogen-bond acceptors (Lipinski definition) is 2. The van der Waals surface area contributed by atoms with E-state index in [9.17, 15) is 9.18 Å². The molecule has 18 heavy (non-hydrogen) atoms. The Kier molecular flexibility index (Phi) is 6.36. The van der Waals surface area contributed by atoms with Gasteiger partial charge in [0.15, 0.2) is 0 Å². The van der Waals surface area contributed by atoms with Crippen LogP contribution in [-0.4, -0.2) is 25.5 Å². The molecule has 0 radical (unpaired) electrons. The molecule has 0 saturated carbocycles. The van der Waals surface area contributed by atoms with Crippen molar-refractivity contribution in [2.45, 2.75) is 32.2 Å². The van der Waals surface area contributed by atoms with Crippen molar-refractivity contribution >= 4 is 5.91 Å². The highest BCUT2D eigenvalue weighted by molar-refractivity contribution is 5.76. The van der Waals surface area contributed by atoms with Gasteiger partial charge in [-0.1, -0.05) is 18.2 Å². The summed E-state index contributed by atoms with van der Waals surface area (Å²) >= 11 is 0. The third kappa shape index (κ3) is 5.27. The van der Waals surface area contributed by atoms with Crippen LogP contribution in [0.15, 0.2) is 24.3 Å². The van der Waals surface area contributed by atoms with Crippen LogP contribution in [0.25, 0.3) is 0 Å². The second-order valence-corrected chi connectivity index (χ2v) is 4.47. The van der Waals surface area contributed by atoms with E-state index >= 15 is 0 Å². The predicted octanol–water partition coefficient (Wildman–Crippen LogP) is 1.87. The van der Waals surface area contributed by atoms with Gasteiger partial charge in [0, 0.05) is 12.5 Å². The van der Waals surface area contributed by atoms with Crippen LogP contribution in [-0.2, 0) is 11.2 Å². The SMILES string of the molecule is CNCCCC(=O)NC(C)Cc1ccccc1F. The van der Waals surface area contributed by atoms with Gasteiger partial charge in [-0.25, -0.2) is 4.39 Å². The van der Waals surface area contributed by atoms with Crippen molar-refractivity contribution in [3.8, 4) is 0 Å². The molecule has 1 amide bonds. The fraction of sp³-hybridized carbons (Fsp3) is 0.500. The summed E-state index contributed by atoms with van der Waals surface area (Å²) in [5.74, 6) is -0.192. The number of nitrogens with one attached hydrogen (secondary N) is 2. The molecular weight excluding hydrogens is 231 g/mol. The second-order valence-electron chi connectivity index (χ2n) is 4.47. The average Bonchev–Trinajstić information content (AvgIpc) is 2.32. The van der Waals surface area contributed by atoms with Crippen LogP contribution in [0, 0.1) is 5.82 Å². The molecule has 100 valence electrons. The van der Waals surface area contributed by atoms with E-state index in [0.717, 1.165) is 13.0 Å². The zero-order valence-corrected chi connectivity index (χ0v) is 11.0. The minimum absolute atomic E-state index is 0.0223. The number of carbonyl (C=O) groups excluding carboxylic acids is 1. The molecular formula is C14H21FN2O. The molecule has 0 saturated heterocycles. The fourth-order valence-electron chi connectivity index (χ4n) is 1.82. The van der Waals surface area contributed by atoms with Crippen LogP contribution in [0.3, 0.4) is 0 Å². The molecule has 1 aromatic rings. The summed E-state index contributed by atoms with van der Waals surface area (Å²) < 4.78 is 13.4. The van der Waals surface area contributed by atoms with E-state index in [0.29, 0.717) is 18.4 Å². The quantitative estimate of drug-likeness (QED) is 0.727. The van der Waals surface area contributed by atoms with E-state index < -0.39 is 0 Å². The summed E-state index contributed by atoms with van der Waals surface area (Å²) in [4.78, 5) is 11.6. The summed E-state index contributed by atoms with van der Waals surface area (Å²) in [7, 11) is 1.86. The smallest absolute Gasteiger partial charge is 0.220 e. The molecule has 0 aliphatic carbocycles. The molecule has 1 unspecified atom stereocenters. The lowest BCUT2D eigenvalue weighted by Crippen LogP contribution is -2.34. The maximum Gasteiger partial charge on any atom is 0.220 e. The maximum absolute atomic E-state index is 13.4. The topological polar surface area (TPSA) is 41.1 Å². The molecule has 1 atom stereocenters. The number of benzene rings is 1. The van der Waals surface area contributed by atoms with Crippen molar-refractivity contribution in [3.63, 3.8) is 0 Å². The van der Waals surface area contributed by atoms with Gasteiger partial charge in [0.1, 0.15) is 5.82 Å². The Balaban J connectivity index is 2.35. The summed E-state index contributed by atoms with van der Waals surface area (Å²) in [6.07, 6.45) is 1.83. The molecule has 0 spiro atoms. The first-order chi connectivity index (χ1) is 8.63. The highest BCUT2D eigenvalue weighted by Crippen LogP contribution is 2.09. The first-order valence-electron chi connectivity index (χ1n) is 6.31. The standard InChI is InChI=1S/C14H21FN2O/c1-11(17-14(18)8-5-9-16-2)10-12-6-3-4-7-13(12)15/h3-4,6-7,11,16H,5,8-10H2,1-2H3,(H,17,18). The van der Waals surface area contributed by atoms with E-state index in [1.807, 2.05) is 14.0 Å². The monoisotopic (exact) mass is 252 g/mol. The lowest BCUT2D eigenvalue weighted by atomic mass is 10.1. The van der Waals surface area contributed by atoms with E-state index in [4.69, 9.17) is 0 Å². The zero-order valence-electron chi connectivity index (χ0n) is 11.0. The number of carbonyl (C=O) groups is 1. The number of hydrogen-bond donors (Lipinski definition) is 2. The Hall–Kier alpha value is -1.42. The molecule has 0 heterocycles. The molecule has 0 aliphatic heterocycles. The summed E-state index contributed by atoms with van der Waals surface area (Å²) in [5, 5.41) is 5.88. The van der Waals surface area contributed by atoms with Gasteiger partial charge in [0.05, 0.1) is 0 Å². The van der Waals surface area contributed by atoms with Gasteiger partial charge in [-0.05, 0) is 45.0 Å². The van der Waals surface area contributed by atoms with Crippen LogP contribution in [0.1, 0.15) is 25.3 Å². The highest BCUT2D eigenvalue weighted by atomic mass is 19.1. The maximum atomic E-state index is 13.4. The molecule has 0 aromatic heterocycles. The molecule has 2 N–H and O–H groups in total. The first kappa shape index (κ1) is 14.6. The third-order valence-corrected chi connectivity index (χ3v) is 2.72. The molecule has 1 rings (SSSR count). The summed E-state index contributed by atoms with van der Waals surface area (Å²) in [6.45, 7) is 2.72. The van der Waals surface area contributed by atoms with Gasteiger partial charge in [-0.2, -0.15) is 0 Å². The number of amides is 1. The normalized spacial score (nSPS) is 12.2. The summed E-state index contributed by atoms with van der Waals surface area (Å²) in [5.41, 5.74) is 0.639. The zero-order chi connectivity index (χ0) is 13.4. The van der Waals surface area contributed by atoms with Crippen LogP contribution >= 0.6 is 0 Å². The molecule has 3 nitrogen and oxygen atoms in total. The van der Waals surface area contributed by atoms with Crippen LogP contribution < -0.4 is 10.6 Å². The van der Waals surface area contributed by atoms with Crippen LogP contribution in [0.2, 0.25) is 0 Å². The van der Waals surface area contributed by atoms with Crippen molar-refractivity contribution in [2.75, 3.05) is 13.6 Å². The van der Waals surface area contributed by atoms with Crippen LogP contribution in [0.4, 0.5) is 4.39 Å². The van der Waals surface area contributed by atoms with Crippen molar-refractivity contribution in [2.24, 2.45) is 0 Å². The fourth-order valence-corrected chi connectivity index (χ4v) is 1.82. The van der Waals surface area contributed by atoms with E-state index in [1.165, 1.54) is 6.07 Å². The van der Waals surface area contributed by atoms with E-state index in [-0.39, 0.29) is 17.8 Å². The second kappa shape index (κ2) is 7.82. The highest BCUT2D eigenvalue weighted by Gasteiger charge is 2.10.